The Hall–Kier alpha value is -0.340. The fourth-order valence-electron chi connectivity index (χ4n) is 2.17. The van der Waals surface area contributed by atoms with Gasteiger partial charge in [-0.3, -0.25) is 0 Å². The summed E-state index contributed by atoms with van der Waals surface area (Å²) < 4.78 is 5.31. The fraction of sp³-hybridized carbons (Fsp3) is 0.778. The van der Waals surface area contributed by atoms with Crippen molar-refractivity contribution >= 4 is 0 Å². The van der Waals surface area contributed by atoms with Crippen molar-refractivity contribution in [3.05, 3.63) is 11.1 Å². The maximum Gasteiger partial charge on any atom is 0.0806 e. The summed E-state index contributed by atoms with van der Waals surface area (Å²) >= 11 is 0. The first-order valence-electron chi connectivity index (χ1n) is 4.15. The first-order chi connectivity index (χ1) is 5.22. The summed E-state index contributed by atoms with van der Waals surface area (Å²) in [5.41, 5.74) is 2.52. The van der Waals surface area contributed by atoms with Crippen LogP contribution in [0.3, 0.4) is 0 Å². The molecule has 0 aromatic rings. The first-order valence-corrected chi connectivity index (χ1v) is 4.15. The topological polar surface area (TPSA) is 29.5 Å². The van der Waals surface area contributed by atoms with Crippen LogP contribution in [0.25, 0.3) is 0 Å². The van der Waals surface area contributed by atoms with Gasteiger partial charge in [0.15, 0.2) is 0 Å². The van der Waals surface area contributed by atoms with E-state index in [1.54, 1.807) is 0 Å². The number of rotatable bonds is 0. The zero-order valence-corrected chi connectivity index (χ0v) is 7.00. The molecule has 0 radical (unpaired) electrons. The van der Waals surface area contributed by atoms with E-state index < -0.39 is 0 Å². The third-order valence-electron chi connectivity index (χ3n) is 3.15. The second kappa shape index (κ2) is 2.32. The van der Waals surface area contributed by atoms with Crippen molar-refractivity contribution in [2.24, 2.45) is 11.8 Å². The summed E-state index contributed by atoms with van der Waals surface area (Å²) in [5.74, 6) is 0.861. The van der Waals surface area contributed by atoms with Crippen LogP contribution in [0.4, 0.5) is 0 Å². The molecule has 0 saturated carbocycles. The highest BCUT2D eigenvalue weighted by atomic mass is 16.5. The average molecular weight is 154 g/mol. The summed E-state index contributed by atoms with van der Waals surface area (Å²) in [6, 6.07) is 0. The lowest BCUT2D eigenvalue weighted by Gasteiger charge is -2.12. The Bertz CT molecular complexity index is 208. The second-order valence-electron chi connectivity index (χ2n) is 3.62. The third-order valence-corrected chi connectivity index (χ3v) is 3.15. The van der Waals surface area contributed by atoms with Crippen LogP contribution in [-0.2, 0) is 4.74 Å². The van der Waals surface area contributed by atoms with Gasteiger partial charge in [0.25, 0.3) is 0 Å². The molecular weight excluding hydrogens is 140 g/mol. The Morgan fingerprint density at radius 2 is 2.00 bits per heavy atom. The van der Waals surface area contributed by atoms with E-state index in [1.807, 2.05) is 6.92 Å². The molecule has 2 rings (SSSR count). The maximum atomic E-state index is 9.70. The van der Waals surface area contributed by atoms with Crippen molar-refractivity contribution in [2.45, 2.75) is 20.0 Å². The quantitative estimate of drug-likeness (QED) is 0.527. The molecule has 1 saturated heterocycles. The number of ether oxygens (including phenoxy) is 1. The van der Waals surface area contributed by atoms with Gasteiger partial charge in [-0.1, -0.05) is 5.57 Å². The summed E-state index contributed by atoms with van der Waals surface area (Å²) in [6.45, 7) is 5.68. The summed E-state index contributed by atoms with van der Waals surface area (Å²) in [7, 11) is 0. The number of aliphatic hydroxyl groups excluding tert-OH is 1. The maximum absolute atomic E-state index is 9.70. The van der Waals surface area contributed by atoms with Crippen molar-refractivity contribution in [3.8, 4) is 0 Å². The predicted molar refractivity (Wildman–Crippen MR) is 42.2 cm³/mol. The van der Waals surface area contributed by atoms with Gasteiger partial charge in [0.05, 0.1) is 19.3 Å². The largest absolute Gasteiger partial charge is 0.388 e. The molecule has 0 bridgehead atoms. The van der Waals surface area contributed by atoms with Crippen LogP contribution in [0.2, 0.25) is 0 Å². The number of fused-ring (bicyclic) bond motifs is 1. The van der Waals surface area contributed by atoms with E-state index in [-0.39, 0.29) is 6.10 Å². The van der Waals surface area contributed by atoms with Crippen LogP contribution >= 0.6 is 0 Å². The van der Waals surface area contributed by atoms with E-state index in [0.717, 1.165) is 13.2 Å². The molecule has 2 heteroatoms. The SMILES string of the molecule is CC1=C(C)C2COCC2C1O. The minimum absolute atomic E-state index is 0.234. The Morgan fingerprint density at radius 3 is 2.64 bits per heavy atom. The van der Waals surface area contributed by atoms with Crippen LogP contribution in [0.15, 0.2) is 11.1 Å². The highest BCUT2D eigenvalue weighted by Crippen LogP contribution is 2.40. The number of hydrogen-bond donors (Lipinski definition) is 1. The monoisotopic (exact) mass is 154 g/mol. The van der Waals surface area contributed by atoms with Crippen molar-refractivity contribution in [1.82, 2.24) is 0 Å². The molecule has 1 fully saturated rings. The molecule has 3 unspecified atom stereocenters. The van der Waals surface area contributed by atoms with Gasteiger partial charge < -0.3 is 9.84 Å². The third kappa shape index (κ3) is 0.861. The molecule has 62 valence electrons. The fourth-order valence-corrected chi connectivity index (χ4v) is 2.17. The number of aliphatic hydroxyl groups is 1. The van der Waals surface area contributed by atoms with E-state index >= 15 is 0 Å². The van der Waals surface area contributed by atoms with Crippen LogP contribution in [0, 0.1) is 11.8 Å². The molecule has 0 aromatic heterocycles. The molecular formula is C9H14O2. The van der Waals surface area contributed by atoms with Gasteiger partial charge in [0, 0.05) is 11.8 Å². The molecule has 1 aliphatic carbocycles. The van der Waals surface area contributed by atoms with Gasteiger partial charge in [0.1, 0.15) is 0 Å². The molecule has 0 spiro atoms. The summed E-state index contributed by atoms with van der Waals surface area (Å²) in [6.07, 6.45) is -0.234. The van der Waals surface area contributed by atoms with Gasteiger partial charge in [-0.05, 0) is 19.4 Å². The van der Waals surface area contributed by atoms with E-state index in [9.17, 15) is 5.11 Å². The van der Waals surface area contributed by atoms with Gasteiger partial charge in [0.2, 0.25) is 0 Å². The van der Waals surface area contributed by atoms with Crippen molar-refractivity contribution < 1.29 is 9.84 Å². The van der Waals surface area contributed by atoms with Crippen LogP contribution in [-0.4, -0.2) is 24.4 Å². The van der Waals surface area contributed by atoms with Crippen molar-refractivity contribution in [3.63, 3.8) is 0 Å². The van der Waals surface area contributed by atoms with Gasteiger partial charge in [-0.15, -0.1) is 0 Å². The Kier molecular flexibility index (Phi) is 1.55. The van der Waals surface area contributed by atoms with Crippen LogP contribution in [0.5, 0.6) is 0 Å². The Labute approximate surface area is 66.9 Å². The molecule has 3 atom stereocenters. The minimum Gasteiger partial charge on any atom is -0.388 e. The smallest absolute Gasteiger partial charge is 0.0806 e. The van der Waals surface area contributed by atoms with Gasteiger partial charge >= 0.3 is 0 Å². The highest BCUT2D eigenvalue weighted by Gasteiger charge is 2.41. The van der Waals surface area contributed by atoms with Gasteiger partial charge in [-0.2, -0.15) is 0 Å². The molecule has 0 aromatic carbocycles. The molecule has 11 heavy (non-hydrogen) atoms. The zero-order chi connectivity index (χ0) is 8.01. The highest BCUT2D eigenvalue weighted by molar-refractivity contribution is 5.27. The zero-order valence-electron chi connectivity index (χ0n) is 7.00. The Balaban J connectivity index is 2.30. The van der Waals surface area contributed by atoms with E-state index in [0.29, 0.717) is 11.8 Å². The average Bonchev–Trinajstić information content (AvgIpc) is 2.53. The van der Waals surface area contributed by atoms with Crippen molar-refractivity contribution in [1.29, 1.82) is 0 Å². The molecule has 2 nitrogen and oxygen atoms in total. The standard InChI is InChI=1S/C9H14O2/c1-5-6(2)9(10)8-4-11-3-7(5)8/h7-10H,3-4H2,1-2H3. The predicted octanol–water partition coefficient (Wildman–Crippen LogP) is 0.960. The van der Waals surface area contributed by atoms with Crippen molar-refractivity contribution in [2.75, 3.05) is 13.2 Å². The lowest BCUT2D eigenvalue weighted by molar-refractivity contribution is 0.119. The molecule has 1 N–H and O–H groups in total. The van der Waals surface area contributed by atoms with E-state index in [2.05, 4.69) is 6.92 Å². The van der Waals surface area contributed by atoms with Gasteiger partial charge in [-0.25, -0.2) is 0 Å². The molecule has 0 amide bonds. The summed E-state index contributed by atoms with van der Waals surface area (Å²) in [5, 5.41) is 9.70. The van der Waals surface area contributed by atoms with Crippen LogP contribution in [0.1, 0.15) is 13.8 Å². The van der Waals surface area contributed by atoms with Crippen LogP contribution < -0.4 is 0 Å². The molecule has 1 heterocycles. The minimum atomic E-state index is -0.234. The lowest BCUT2D eigenvalue weighted by atomic mass is 9.95. The molecule has 2 aliphatic rings. The lowest BCUT2D eigenvalue weighted by Crippen LogP contribution is -2.20. The Morgan fingerprint density at radius 1 is 1.27 bits per heavy atom. The van der Waals surface area contributed by atoms with E-state index in [4.69, 9.17) is 4.74 Å². The first kappa shape index (κ1) is 7.32. The normalized spacial score (nSPS) is 43.4. The number of hydrogen-bond acceptors (Lipinski definition) is 2. The van der Waals surface area contributed by atoms with E-state index in [1.165, 1.54) is 11.1 Å². The second-order valence-corrected chi connectivity index (χ2v) is 3.62. The summed E-state index contributed by atoms with van der Waals surface area (Å²) in [4.78, 5) is 0. The molecule has 1 aliphatic heterocycles.